The van der Waals surface area contributed by atoms with Gasteiger partial charge in [0.05, 0.1) is 12.4 Å². The summed E-state index contributed by atoms with van der Waals surface area (Å²) in [4.78, 5) is 30.4. The number of hydrogen-bond acceptors (Lipinski definition) is 4. The first kappa shape index (κ1) is 21.0. The molecule has 2 aromatic carbocycles. The highest BCUT2D eigenvalue weighted by molar-refractivity contribution is 6.35. The minimum atomic E-state index is -0.903. The largest absolute Gasteiger partial charge is 0.360 e. The Bertz CT molecular complexity index is 1240. The Hall–Kier alpha value is -4.20. The Balaban J connectivity index is 1.36. The lowest BCUT2D eigenvalue weighted by atomic mass is 10.1. The van der Waals surface area contributed by atoms with Crippen LogP contribution in [0.3, 0.4) is 0 Å². The van der Waals surface area contributed by atoms with Crippen molar-refractivity contribution in [2.75, 3.05) is 0 Å². The average molecular weight is 428 g/mol. The maximum Gasteiger partial charge on any atom is 0.331 e. The fourth-order valence-electron chi connectivity index (χ4n) is 3.70. The van der Waals surface area contributed by atoms with Crippen molar-refractivity contribution in [2.45, 2.75) is 26.7 Å². The third kappa shape index (κ3) is 4.15. The zero-order valence-corrected chi connectivity index (χ0v) is 17.9. The van der Waals surface area contributed by atoms with E-state index in [4.69, 9.17) is 0 Å². The molecule has 0 fully saturated rings. The summed E-state index contributed by atoms with van der Waals surface area (Å²) < 4.78 is 0. The highest BCUT2D eigenvalue weighted by Crippen LogP contribution is 2.21. The first-order valence-electron chi connectivity index (χ1n) is 10.5. The number of para-hydroxylation sites is 2. The number of H-pyrrole nitrogens is 2. The van der Waals surface area contributed by atoms with Crippen LogP contribution in [0.15, 0.2) is 59.0 Å². The monoisotopic (exact) mass is 428 g/mol. The summed E-state index contributed by atoms with van der Waals surface area (Å²) in [5, 5.41) is 9.79. The number of aryl methyl sites for hydroxylation is 2. The van der Waals surface area contributed by atoms with Gasteiger partial charge in [0.25, 0.3) is 0 Å². The SMILES string of the molecule is CCc1cccc2c(/C=N/NC(=O)C(=O)N/N=C/c3c[nH]c4c(CC)cccc34)c[nH]c12. The molecule has 162 valence electrons. The lowest BCUT2D eigenvalue weighted by Crippen LogP contribution is -2.35. The van der Waals surface area contributed by atoms with Crippen molar-refractivity contribution in [3.63, 3.8) is 0 Å². The molecule has 0 spiro atoms. The third-order valence-electron chi connectivity index (χ3n) is 5.38. The fourth-order valence-corrected chi connectivity index (χ4v) is 3.70. The average Bonchev–Trinajstić information content (AvgIpc) is 3.43. The van der Waals surface area contributed by atoms with Gasteiger partial charge in [0.2, 0.25) is 0 Å². The number of rotatable bonds is 6. The van der Waals surface area contributed by atoms with Gasteiger partial charge in [0.15, 0.2) is 0 Å². The molecule has 0 bridgehead atoms. The van der Waals surface area contributed by atoms with Crippen LogP contribution in [0, 0.1) is 0 Å². The van der Waals surface area contributed by atoms with Crippen LogP contribution in [0.1, 0.15) is 36.1 Å². The maximum atomic E-state index is 12.0. The normalized spacial score (nSPS) is 11.7. The number of aromatic amines is 2. The van der Waals surface area contributed by atoms with E-state index in [2.05, 4.69) is 57.0 Å². The van der Waals surface area contributed by atoms with E-state index in [9.17, 15) is 9.59 Å². The van der Waals surface area contributed by atoms with Gasteiger partial charge in [-0.3, -0.25) is 9.59 Å². The smallest absolute Gasteiger partial charge is 0.331 e. The van der Waals surface area contributed by atoms with Crippen molar-refractivity contribution in [3.05, 3.63) is 71.0 Å². The van der Waals surface area contributed by atoms with E-state index in [1.165, 1.54) is 23.6 Å². The Kier molecular flexibility index (Phi) is 6.12. The minimum absolute atomic E-state index is 0.819. The van der Waals surface area contributed by atoms with E-state index in [-0.39, 0.29) is 0 Å². The summed E-state index contributed by atoms with van der Waals surface area (Å²) in [6, 6.07) is 12.0. The number of carbonyl (C=O) groups is 2. The molecule has 0 aliphatic rings. The zero-order chi connectivity index (χ0) is 22.5. The number of nitrogens with one attached hydrogen (secondary N) is 4. The molecule has 2 amide bonds. The van der Waals surface area contributed by atoms with Crippen molar-refractivity contribution in [1.29, 1.82) is 0 Å². The molecular formula is C24H24N6O2. The Morgan fingerprint density at radius 1 is 0.781 bits per heavy atom. The molecule has 8 nitrogen and oxygen atoms in total. The number of benzene rings is 2. The standard InChI is InChI=1S/C24H24N6O2/c1-3-15-7-5-9-19-17(11-25-21(15)19)13-27-29-23(31)24(32)30-28-14-18-12-26-22-16(4-2)8-6-10-20(18)22/h5-14,25-26H,3-4H2,1-2H3,(H,29,31)(H,30,32)/b27-13+,28-14+. The van der Waals surface area contributed by atoms with Gasteiger partial charge in [0.1, 0.15) is 0 Å². The number of carbonyl (C=O) groups excluding carboxylic acids is 2. The van der Waals surface area contributed by atoms with Crippen LogP contribution >= 0.6 is 0 Å². The van der Waals surface area contributed by atoms with Gasteiger partial charge >= 0.3 is 11.8 Å². The quantitative estimate of drug-likeness (QED) is 0.214. The zero-order valence-electron chi connectivity index (χ0n) is 17.9. The van der Waals surface area contributed by atoms with Gasteiger partial charge in [-0.2, -0.15) is 10.2 Å². The topological polar surface area (TPSA) is 114 Å². The first-order chi connectivity index (χ1) is 15.6. The van der Waals surface area contributed by atoms with Gasteiger partial charge in [-0.25, -0.2) is 10.9 Å². The van der Waals surface area contributed by atoms with Crippen LogP contribution < -0.4 is 10.9 Å². The summed E-state index contributed by atoms with van der Waals surface area (Å²) in [7, 11) is 0. The molecule has 8 heteroatoms. The first-order valence-corrected chi connectivity index (χ1v) is 10.5. The van der Waals surface area contributed by atoms with Crippen LogP contribution in [-0.2, 0) is 22.4 Å². The van der Waals surface area contributed by atoms with Crippen molar-refractivity contribution < 1.29 is 9.59 Å². The van der Waals surface area contributed by atoms with Crippen LogP contribution in [-0.4, -0.2) is 34.2 Å². The van der Waals surface area contributed by atoms with Gasteiger partial charge in [0, 0.05) is 45.3 Å². The van der Waals surface area contributed by atoms with Crippen LogP contribution in [0.4, 0.5) is 0 Å². The lowest BCUT2D eigenvalue weighted by molar-refractivity contribution is -0.139. The number of fused-ring (bicyclic) bond motifs is 2. The molecule has 4 rings (SSSR count). The van der Waals surface area contributed by atoms with E-state index < -0.39 is 11.8 Å². The highest BCUT2D eigenvalue weighted by atomic mass is 16.2. The maximum absolute atomic E-state index is 12.0. The van der Waals surface area contributed by atoms with Crippen molar-refractivity contribution in [2.24, 2.45) is 10.2 Å². The molecule has 0 aliphatic carbocycles. The van der Waals surface area contributed by atoms with E-state index in [0.717, 1.165) is 45.8 Å². The number of amides is 2. The second-order valence-corrected chi connectivity index (χ2v) is 7.27. The molecule has 32 heavy (non-hydrogen) atoms. The summed E-state index contributed by atoms with van der Waals surface area (Å²) in [5.41, 5.74) is 10.6. The molecule has 2 heterocycles. The van der Waals surface area contributed by atoms with Crippen molar-refractivity contribution in [3.8, 4) is 0 Å². The molecular weight excluding hydrogens is 404 g/mol. The predicted molar refractivity (Wildman–Crippen MR) is 127 cm³/mol. The molecule has 0 saturated heterocycles. The summed E-state index contributed by atoms with van der Waals surface area (Å²) in [5.74, 6) is -1.81. The molecule has 2 aromatic heterocycles. The number of aromatic nitrogens is 2. The van der Waals surface area contributed by atoms with E-state index in [1.807, 2.05) is 36.7 Å². The second kappa shape index (κ2) is 9.30. The van der Waals surface area contributed by atoms with E-state index >= 15 is 0 Å². The number of hydrogen-bond donors (Lipinski definition) is 4. The predicted octanol–water partition coefficient (Wildman–Crippen LogP) is 3.37. The Morgan fingerprint density at radius 2 is 1.22 bits per heavy atom. The molecule has 4 aromatic rings. The van der Waals surface area contributed by atoms with Crippen LogP contribution in [0.25, 0.3) is 21.8 Å². The fraction of sp³-hybridized carbons (Fsp3) is 0.167. The van der Waals surface area contributed by atoms with E-state index in [0.29, 0.717) is 0 Å². The molecule has 4 N–H and O–H groups in total. The molecule has 0 radical (unpaired) electrons. The van der Waals surface area contributed by atoms with Crippen LogP contribution in [0.5, 0.6) is 0 Å². The summed E-state index contributed by atoms with van der Waals surface area (Å²) in [6.07, 6.45) is 8.45. The molecule has 0 saturated carbocycles. The molecule has 0 unspecified atom stereocenters. The minimum Gasteiger partial charge on any atom is -0.360 e. The highest BCUT2D eigenvalue weighted by Gasteiger charge is 2.12. The van der Waals surface area contributed by atoms with E-state index in [1.54, 1.807) is 0 Å². The Labute approximate surface area is 184 Å². The summed E-state index contributed by atoms with van der Waals surface area (Å²) >= 11 is 0. The van der Waals surface area contributed by atoms with Crippen LogP contribution in [0.2, 0.25) is 0 Å². The van der Waals surface area contributed by atoms with Crippen molar-refractivity contribution in [1.82, 2.24) is 20.8 Å². The van der Waals surface area contributed by atoms with Gasteiger partial charge in [-0.15, -0.1) is 0 Å². The summed E-state index contributed by atoms with van der Waals surface area (Å²) in [6.45, 7) is 4.18. The molecule has 0 atom stereocenters. The number of nitrogens with zero attached hydrogens (tertiary/aromatic N) is 2. The van der Waals surface area contributed by atoms with Gasteiger partial charge in [-0.05, 0) is 24.0 Å². The van der Waals surface area contributed by atoms with Crippen molar-refractivity contribution >= 4 is 46.0 Å². The van der Waals surface area contributed by atoms with Gasteiger partial charge < -0.3 is 9.97 Å². The number of hydrazone groups is 2. The lowest BCUT2D eigenvalue weighted by Gasteiger charge is -2.00. The molecule has 0 aliphatic heterocycles. The Morgan fingerprint density at radius 3 is 1.62 bits per heavy atom. The third-order valence-corrected chi connectivity index (χ3v) is 5.38. The van der Waals surface area contributed by atoms with Gasteiger partial charge in [-0.1, -0.05) is 50.2 Å². The second-order valence-electron chi connectivity index (χ2n) is 7.27.